The summed E-state index contributed by atoms with van der Waals surface area (Å²) < 4.78 is 0. The number of anilines is 2. The number of para-hydroxylation sites is 2. The topological polar surface area (TPSA) is 68.7 Å². The standard InChI is InChI=1S/C23H20N6/c1-2-6-18(7-3-1)20-14-15-29(28-20)19-12-10-17(11-13-19)16-24-27-23-25-21-8-4-5-9-22(21)26-23/h1-13,16H,14-15H2,(H2,25,26,27)/b24-16+. The molecule has 2 heterocycles. The molecule has 2 N–H and O–H groups in total. The Bertz CT molecular complexity index is 1140. The summed E-state index contributed by atoms with van der Waals surface area (Å²) >= 11 is 0. The minimum atomic E-state index is 0.624. The first-order valence-corrected chi connectivity index (χ1v) is 9.59. The van der Waals surface area contributed by atoms with Gasteiger partial charge >= 0.3 is 0 Å². The summed E-state index contributed by atoms with van der Waals surface area (Å²) in [6, 6.07) is 26.4. The summed E-state index contributed by atoms with van der Waals surface area (Å²) in [4.78, 5) is 7.63. The van der Waals surface area contributed by atoms with Gasteiger partial charge in [-0.15, -0.1) is 0 Å². The third-order valence-corrected chi connectivity index (χ3v) is 4.87. The fourth-order valence-corrected chi connectivity index (χ4v) is 3.38. The molecule has 0 spiro atoms. The van der Waals surface area contributed by atoms with Gasteiger partial charge in [0.15, 0.2) is 0 Å². The maximum absolute atomic E-state index is 4.77. The van der Waals surface area contributed by atoms with Crippen LogP contribution in [0.1, 0.15) is 17.5 Å². The summed E-state index contributed by atoms with van der Waals surface area (Å²) in [7, 11) is 0. The zero-order chi connectivity index (χ0) is 19.5. The minimum absolute atomic E-state index is 0.624. The maximum Gasteiger partial charge on any atom is 0.222 e. The molecule has 1 aromatic heterocycles. The largest absolute Gasteiger partial charge is 0.323 e. The summed E-state index contributed by atoms with van der Waals surface area (Å²) in [6.45, 7) is 0.894. The van der Waals surface area contributed by atoms with Crippen LogP contribution in [0.4, 0.5) is 11.6 Å². The fourth-order valence-electron chi connectivity index (χ4n) is 3.38. The van der Waals surface area contributed by atoms with Crippen LogP contribution in [0, 0.1) is 0 Å². The van der Waals surface area contributed by atoms with E-state index in [2.05, 4.69) is 49.8 Å². The van der Waals surface area contributed by atoms with Crippen molar-refractivity contribution >= 4 is 34.6 Å². The second-order valence-corrected chi connectivity index (χ2v) is 6.85. The zero-order valence-electron chi connectivity index (χ0n) is 15.8. The SMILES string of the molecule is C(=N\Nc1nc2ccccc2[nH]1)/c1ccc(N2CCC(c3ccccc3)=N2)cc1. The third kappa shape index (κ3) is 3.73. The van der Waals surface area contributed by atoms with Gasteiger partial charge in [-0.1, -0.05) is 54.6 Å². The summed E-state index contributed by atoms with van der Waals surface area (Å²) in [5.74, 6) is 0.624. The smallest absolute Gasteiger partial charge is 0.222 e. The van der Waals surface area contributed by atoms with Crippen LogP contribution in [0.5, 0.6) is 0 Å². The number of imidazole rings is 1. The van der Waals surface area contributed by atoms with Gasteiger partial charge in [-0.2, -0.15) is 10.2 Å². The van der Waals surface area contributed by atoms with Gasteiger partial charge in [-0.25, -0.2) is 10.4 Å². The van der Waals surface area contributed by atoms with Gasteiger partial charge < -0.3 is 4.98 Å². The number of benzene rings is 3. The zero-order valence-corrected chi connectivity index (χ0v) is 15.8. The van der Waals surface area contributed by atoms with Crippen molar-refractivity contribution in [1.29, 1.82) is 0 Å². The Kier molecular flexibility index (Phi) is 4.50. The van der Waals surface area contributed by atoms with Gasteiger partial charge in [-0.3, -0.25) is 5.01 Å². The molecule has 0 aliphatic carbocycles. The van der Waals surface area contributed by atoms with Gasteiger partial charge in [0.1, 0.15) is 0 Å². The summed E-state index contributed by atoms with van der Waals surface area (Å²) in [5.41, 5.74) is 9.25. The van der Waals surface area contributed by atoms with Crippen molar-refractivity contribution in [1.82, 2.24) is 9.97 Å². The van der Waals surface area contributed by atoms with Crippen molar-refractivity contribution in [2.75, 3.05) is 17.0 Å². The molecule has 6 heteroatoms. The Labute approximate surface area is 168 Å². The number of hydrogen-bond donors (Lipinski definition) is 2. The number of nitrogens with one attached hydrogen (secondary N) is 2. The van der Waals surface area contributed by atoms with E-state index in [1.54, 1.807) is 6.21 Å². The first kappa shape index (κ1) is 17.2. The average molecular weight is 380 g/mol. The summed E-state index contributed by atoms with van der Waals surface area (Å²) in [5, 5.41) is 11.1. The Hall–Kier alpha value is -3.93. The van der Waals surface area contributed by atoms with Crippen LogP contribution in [-0.4, -0.2) is 28.4 Å². The van der Waals surface area contributed by atoms with E-state index in [4.69, 9.17) is 5.10 Å². The van der Waals surface area contributed by atoms with Crippen molar-refractivity contribution in [3.8, 4) is 0 Å². The highest BCUT2D eigenvalue weighted by Crippen LogP contribution is 2.22. The molecule has 5 rings (SSSR count). The molecule has 0 amide bonds. The molecular formula is C23H20N6. The van der Waals surface area contributed by atoms with Crippen LogP contribution in [0.25, 0.3) is 11.0 Å². The van der Waals surface area contributed by atoms with Crippen molar-refractivity contribution in [2.24, 2.45) is 10.2 Å². The first-order chi connectivity index (χ1) is 14.3. The van der Waals surface area contributed by atoms with Crippen LogP contribution in [0.2, 0.25) is 0 Å². The van der Waals surface area contributed by atoms with E-state index in [0.717, 1.165) is 41.0 Å². The Balaban J connectivity index is 1.24. The number of aromatic nitrogens is 2. The Morgan fingerprint density at radius 3 is 2.55 bits per heavy atom. The lowest BCUT2D eigenvalue weighted by atomic mass is 10.1. The monoisotopic (exact) mass is 380 g/mol. The normalized spacial score (nSPS) is 13.9. The van der Waals surface area contributed by atoms with E-state index in [9.17, 15) is 0 Å². The van der Waals surface area contributed by atoms with Gasteiger partial charge in [0.25, 0.3) is 0 Å². The summed E-state index contributed by atoms with van der Waals surface area (Å²) in [6.07, 6.45) is 2.73. The minimum Gasteiger partial charge on any atom is -0.323 e. The molecule has 29 heavy (non-hydrogen) atoms. The van der Waals surface area contributed by atoms with Crippen molar-refractivity contribution in [2.45, 2.75) is 6.42 Å². The molecule has 0 unspecified atom stereocenters. The molecular weight excluding hydrogens is 360 g/mol. The van der Waals surface area contributed by atoms with Crippen LogP contribution >= 0.6 is 0 Å². The highest BCUT2D eigenvalue weighted by Gasteiger charge is 2.16. The molecule has 142 valence electrons. The van der Waals surface area contributed by atoms with E-state index in [-0.39, 0.29) is 0 Å². The number of nitrogens with zero attached hydrogens (tertiary/aromatic N) is 4. The average Bonchev–Trinajstić information content (AvgIpc) is 3.42. The molecule has 0 atom stereocenters. The third-order valence-electron chi connectivity index (χ3n) is 4.87. The van der Waals surface area contributed by atoms with Gasteiger partial charge in [0.2, 0.25) is 5.95 Å². The quantitative estimate of drug-likeness (QED) is 0.392. The molecule has 0 radical (unpaired) electrons. The van der Waals surface area contributed by atoms with Crippen molar-refractivity contribution in [3.63, 3.8) is 0 Å². The van der Waals surface area contributed by atoms with E-state index in [1.165, 1.54) is 5.56 Å². The number of rotatable bonds is 5. The molecule has 0 fully saturated rings. The molecule has 0 saturated carbocycles. The van der Waals surface area contributed by atoms with Gasteiger partial charge in [-0.05, 0) is 35.4 Å². The van der Waals surface area contributed by atoms with E-state index in [1.807, 2.05) is 54.6 Å². The Morgan fingerprint density at radius 1 is 0.931 bits per heavy atom. The first-order valence-electron chi connectivity index (χ1n) is 9.59. The van der Waals surface area contributed by atoms with Crippen molar-refractivity contribution in [3.05, 3.63) is 90.0 Å². The number of hydrazone groups is 2. The second kappa shape index (κ2) is 7.59. The Morgan fingerprint density at radius 2 is 1.72 bits per heavy atom. The van der Waals surface area contributed by atoms with E-state index < -0.39 is 0 Å². The molecule has 4 aromatic rings. The lowest BCUT2D eigenvalue weighted by molar-refractivity contribution is 0.922. The predicted molar refractivity (Wildman–Crippen MR) is 119 cm³/mol. The number of hydrogen-bond acceptors (Lipinski definition) is 5. The highest BCUT2D eigenvalue weighted by atomic mass is 15.5. The van der Waals surface area contributed by atoms with Crippen LogP contribution in [-0.2, 0) is 0 Å². The lowest BCUT2D eigenvalue weighted by Gasteiger charge is -2.13. The maximum atomic E-state index is 4.77. The molecule has 3 aromatic carbocycles. The number of H-pyrrole nitrogens is 1. The number of fused-ring (bicyclic) bond motifs is 1. The van der Waals surface area contributed by atoms with Crippen LogP contribution in [0.15, 0.2) is 89.1 Å². The lowest BCUT2D eigenvalue weighted by Crippen LogP contribution is -2.11. The highest BCUT2D eigenvalue weighted by molar-refractivity contribution is 6.02. The predicted octanol–water partition coefficient (Wildman–Crippen LogP) is 4.62. The molecule has 0 saturated heterocycles. The number of aromatic amines is 1. The molecule has 1 aliphatic rings. The molecule has 6 nitrogen and oxygen atoms in total. The van der Waals surface area contributed by atoms with Gasteiger partial charge in [0, 0.05) is 13.0 Å². The second-order valence-electron chi connectivity index (χ2n) is 6.85. The van der Waals surface area contributed by atoms with E-state index >= 15 is 0 Å². The van der Waals surface area contributed by atoms with Crippen molar-refractivity contribution < 1.29 is 0 Å². The molecule has 1 aliphatic heterocycles. The fraction of sp³-hybridized carbons (Fsp3) is 0.0870. The van der Waals surface area contributed by atoms with Crippen LogP contribution in [0.3, 0.4) is 0 Å². The van der Waals surface area contributed by atoms with Crippen LogP contribution < -0.4 is 10.4 Å². The van der Waals surface area contributed by atoms with E-state index in [0.29, 0.717) is 5.95 Å². The van der Waals surface area contributed by atoms with Gasteiger partial charge in [0.05, 0.1) is 28.6 Å². The molecule has 0 bridgehead atoms.